The average Bonchev–Trinajstić information content (AvgIpc) is 3.29. The van der Waals surface area contributed by atoms with Gasteiger partial charge in [0.1, 0.15) is 0 Å². The number of guanidine groups is 1. The van der Waals surface area contributed by atoms with Crippen molar-refractivity contribution in [2.24, 2.45) is 4.99 Å². The third-order valence-corrected chi connectivity index (χ3v) is 4.99. The number of halogens is 1. The van der Waals surface area contributed by atoms with Gasteiger partial charge in [-0.3, -0.25) is 9.98 Å². The summed E-state index contributed by atoms with van der Waals surface area (Å²) in [5, 5.41) is 7.96. The summed E-state index contributed by atoms with van der Waals surface area (Å²) in [6.45, 7) is 3.43. The molecule has 2 N–H and O–H groups in total. The van der Waals surface area contributed by atoms with Crippen LogP contribution in [0.15, 0.2) is 77.9 Å². The number of nitrogens with one attached hydrogen (secondary N) is 2. The SMILES string of the molecule is CN=C(NCc1ccc(N2CC=CC2)cc1)NCc1ccnc2ccccc12.I. The third-order valence-electron chi connectivity index (χ3n) is 4.99. The number of fused-ring (bicyclic) bond motifs is 1. The van der Waals surface area contributed by atoms with Crippen molar-refractivity contribution in [1.29, 1.82) is 0 Å². The quantitative estimate of drug-likeness (QED) is 0.240. The predicted molar refractivity (Wildman–Crippen MR) is 132 cm³/mol. The Bertz CT molecular complexity index is 984. The Labute approximate surface area is 189 Å². The lowest BCUT2D eigenvalue weighted by atomic mass is 10.1. The van der Waals surface area contributed by atoms with Crippen molar-refractivity contribution in [2.45, 2.75) is 13.1 Å². The molecule has 1 aromatic heterocycles. The van der Waals surface area contributed by atoms with E-state index in [2.05, 4.69) is 74.1 Å². The lowest BCUT2D eigenvalue weighted by Crippen LogP contribution is -2.36. The van der Waals surface area contributed by atoms with Crippen LogP contribution in [0.2, 0.25) is 0 Å². The zero-order valence-corrected chi connectivity index (χ0v) is 18.8. The molecule has 0 unspecified atom stereocenters. The summed E-state index contributed by atoms with van der Waals surface area (Å²) in [6, 6.07) is 19.0. The molecule has 2 heterocycles. The Kier molecular flexibility index (Phi) is 7.46. The Morgan fingerprint density at radius 2 is 1.69 bits per heavy atom. The molecule has 1 aliphatic rings. The molecule has 0 bridgehead atoms. The van der Waals surface area contributed by atoms with E-state index in [-0.39, 0.29) is 24.0 Å². The first-order valence-electron chi connectivity index (χ1n) is 9.59. The van der Waals surface area contributed by atoms with Crippen molar-refractivity contribution in [3.8, 4) is 0 Å². The molecule has 6 heteroatoms. The fourth-order valence-corrected chi connectivity index (χ4v) is 3.41. The molecule has 0 atom stereocenters. The molecule has 0 amide bonds. The summed E-state index contributed by atoms with van der Waals surface area (Å²) in [6.07, 6.45) is 6.27. The van der Waals surface area contributed by atoms with E-state index in [1.54, 1.807) is 7.05 Å². The number of aliphatic imine (C=N–C) groups is 1. The second-order valence-corrected chi connectivity index (χ2v) is 6.81. The highest BCUT2D eigenvalue weighted by atomic mass is 127. The van der Waals surface area contributed by atoms with Crippen LogP contribution in [-0.2, 0) is 13.1 Å². The molecule has 0 saturated heterocycles. The number of hydrogen-bond donors (Lipinski definition) is 2. The van der Waals surface area contributed by atoms with Gasteiger partial charge in [0.25, 0.3) is 0 Å². The maximum absolute atomic E-state index is 4.42. The standard InChI is InChI=1S/C23H25N5.HI/c1-24-23(27-17-19-12-13-25-22-7-3-2-6-21(19)22)26-16-18-8-10-20(11-9-18)28-14-4-5-15-28;/h2-13H,14-17H2,1H3,(H2,24,26,27);1H. The van der Waals surface area contributed by atoms with Gasteiger partial charge >= 0.3 is 0 Å². The van der Waals surface area contributed by atoms with Gasteiger partial charge in [0.2, 0.25) is 0 Å². The van der Waals surface area contributed by atoms with Crippen molar-refractivity contribution in [2.75, 3.05) is 25.0 Å². The monoisotopic (exact) mass is 499 g/mol. The van der Waals surface area contributed by atoms with Crippen LogP contribution in [0.4, 0.5) is 5.69 Å². The number of rotatable bonds is 5. The molecule has 3 aromatic rings. The number of aromatic nitrogens is 1. The minimum absolute atomic E-state index is 0. The topological polar surface area (TPSA) is 52.6 Å². The molecule has 0 radical (unpaired) electrons. The van der Waals surface area contributed by atoms with Crippen molar-refractivity contribution < 1.29 is 0 Å². The molecular formula is C23H26IN5. The van der Waals surface area contributed by atoms with Crippen molar-refractivity contribution in [3.05, 3.63) is 84.1 Å². The summed E-state index contributed by atoms with van der Waals surface area (Å²) < 4.78 is 0. The number of nitrogens with zero attached hydrogens (tertiary/aromatic N) is 3. The van der Waals surface area contributed by atoms with Crippen LogP contribution in [0, 0.1) is 0 Å². The first kappa shape index (κ1) is 21.1. The van der Waals surface area contributed by atoms with E-state index in [4.69, 9.17) is 0 Å². The van der Waals surface area contributed by atoms with Gasteiger partial charge in [0.05, 0.1) is 5.52 Å². The minimum Gasteiger partial charge on any atom is -0.364 e. The molecule has 5 nitrogen and oxygen atoms in total. The lowest BCUT2D eigenvalue weighted by Gasteiger charge is -2.18. The summed E-state index contributed by atoms with van der Waals surface area (Å²) in [5.41, 5.74) is 4.71. The summed E-state index contributed by atoms with van der Waals surface area (Å²) >= 11 is 0. The number of anilines is 1. The molecule has 29 heavy (non-hydrogen) atoms. The summed E-state index contributed by atoms with van der Waals surface area (Å²) in [7, 11) is 1.80. The average molecular weight is 499 g/mol. The molecule has 1 aliphatic heterocycles. The number of para-hydroxylation sites is 1. The van der Waals surface area contributed by atoms with Crippen LogP contribution >= 0.6 is 24.0 Å². The second-order valence-electron chi connectivity index (χ2n) is 6.81. The van der Waals surface area contributed by atoms with Gasteiger partial charge < -0.3 is 15.5 Å². The van der Waals surface area contributed by atoms with E-state index in [1.807, 2.05) is 24.4 Å². The van der Waals surface area contributed by atoms with Gasteiger partial charge in [-0.15, -0.1) is 24.0 Å². The minimum atomic E-state index is 0. The van der Waals surface area contributed by atoms with Crippen LogP contribution in [0.1, 0.15) is 11.1 Å². The number of pyridine rings is 1. The van der Waals surface area contributed by atoms with E-state index in [0.29, 0.717) is 6.54 Å². The highest BCUT2D eigenvalue weighted by molar-refractivity contribution is 14.0. The van der Waals surface area contributed by atoms with Gasteiger partial charge in [-0.2, -0.15) is 0 Å². The largest absolute Gasteiger partial charge is 0.364 e. The van der Waals surface area contributed by atoms with E-state index in [1.165, 1.54) is 22.2 Å². The van der Waals surface area contributed by atoms with Crippen molar-refractivity contribution in [1.82, 2.24) is 15.6 Å². The predicted octanol–water partition coefficient (Wildman–Crippen LogP) is 4.09. The van der Waals surface area contributed by atoms with Crippen LogP contribution in [0.5, 0.6) is 0 Å². The van der Waals surface area contributed by atoms with Crippen LogP contribution < -0.4 is 15.5 Å². The van der Waals surface area contributed by atoms with Crippen LogP contribution in [0.3, 0.4) is 0 Å². The maximum Gasteiger partial charge on any atom is 0.191 e. The second kappa shape index (κ2) is 10.2. The van der Waals surface area contributed by atoms with Gasteiger partial charge in [0, 0.05) is 50.5 Å². The zero-order valence-electron chi connectivity index (χ0n) is 16.5. The number of hydrogen-bond acceptors (Lipinski definition) is 3. The Balaban J connectivity index is 0.00000240. The van der Waals surface area contributed by atoms with Gasteiger partial charge in [0.15, 0.2) is 5.96 Å². The zero-order chi connectivity index (χ0) is 19.2. The van der Waals surface area contributed by atoms with Gasteiger partial charge in [-0.25, -0.2) is 0 Å². The lowest BCUT2D eigenvalue weighted by molar-refractivity contribution is 0.811. The van der Waals surface area contributed by atoms with Gasteiger partial charge in [-0.1, -0.05) is 42.5 Å². The number of benzene rings is 2. The first-order chi connectivity index (χ1) is 13.8. The molecule has 0 fully saturated rings. The Morgan fingerprint density at radius 1 is 0.966 bits per heavy atom. The van der Waals surface area contributed by atoms with E-state index >= 15 is 0 Å². The fraction of sp³-hybridized carbons (Fsp3) is 0.217. The van der Waals surface area contributed by atoms with Gasteiger partial charge in [-0.05, 0) is 35.4 Å². The smallest absolute Gasteiger partial charge is 0.191 e. The molecule has 2 aromatic carbocycles. The Morgan fingerprint density at radius 3 is 2.45 bits per heavy atom. The van der Waals surface area contributed by atoms with Crippen molar-refractivity contribution >= 4 is 46.5 Å². The highest BCUT2D eigenvalue weighted by Gasteiger charge is 2.07. The fourth-order valence-electron chi connectivity index (χ4n) is 3.41. The maximum atomic E-state index is 4.42. The summed E-state index contributed by atoms with van der Waals surface area (Å²) in [5.74, 6) is 0.786. The normalized spacial score (nSPS) is 13.4. The molecule has 4 rings (SSSR count). The molecular weight excluding hydrogens is 473 g/mol. The highest BCUT2D eigenvalue weighted by Crippen LogP contribution is 2.18. The third kappa shape index (κ3) is 5.26. The first-order valence-corrected chi connectivity index (χ1v) is 9.59. The molecule has 0 saturated carbocycles. The summed E-state index contributed by atoms with van der Waals surface area (Å²) in [4.78, 5) is 11.1. The molecule has 0 spiro atoms. The van der Waals surface area contributed by atoms with Crippen LogP contribution in [-0.4, -0.2) is 31.1 Å². The van der Waals surface area contributed by atoms with E-state index in [0.717, 1.165) is 31.1 Å². The van der Waals surface area contributed by atoms with E-state index < -0.39 is 0 Å². The molecule has 0 aliphatic carbocycles. The Hall–Kier alpha value is -2.61. The van der Waals surface area contributed by atoms with Crippen LogP contribution in [0.25, 0.3) is 10.9 Å². The van der Waals surface area contributed by atoms with Crippen molar-refractivity contribution in [3.63, 3.8) is 0 Å². The molecule has 150 valence electrons. The van der Waals surface area contributed by atoms with E-state index in [9.17, 15) is 0 Å².